The molecule has 3 aromatic rings. The quantitative estimate of drug-likeness (QED) is 0.684. The Morgan fingerprint density at radius 3 is 2.70 bits per heavy atom. The van der Waals surface area contributed by atoms with Crippen LogP contribution in [0.25, 0.3) is 0 Å². The van der Waals surface area contributed by atoms with E-state index >= 15 is 0 Å². The van der Waals surface area contributed by atoms with Gasteiger partial charge >= 0.3 is 0 Å². The summed E-state index contributed by atoms with van der Waals surface area (Å²) in [4.78, 5) is 13.4. The maximum Gasteiger partial charge on any atom is 0.221 e. The standard InChI is InChI=1S/C18H16FNOS2/c19-15-5-2-1-4-13(15)7-8-17(21)20-18(14-9-11-22-12-14)16-6-3-10-23-16/h1-6,9-12,18H,7-8H2,(H,20,21)/t18-/m0/s1. The molecule has 1 N–H and O–H groups in total. The van der Waals surface area contributed by atoms with Crippen molar-refractivity contribution in [2.45, 2.75) is 18.9 Å². The number of amides is 1. The van der Waals surface area contributed by atoms with E-state index in [1.54, 1.807) is 40.9 Å². The molecule has 1 atom stereocenters. The Bertz CT molecular complexity index is 719. The predicted molar refractivity (Wildman–Crippen MR) is 93.3 cm³/mol. The Morgan fingerprint density at radius 1 is 1.13 bits per heavy atom. The molecule has 0 radical (unpaired) electrons. The van der Waals surface area contributed by atoms with Gasteiger partial charge in [-0.2, -0.15) is 11.3 Å². The minimum Gasteiger partial charge on any atom is -0.344 e. The van der Waals surface area contributed by atoms with E-state index in [1.165, 1.54) is 6.07 Å². The van der Waals surface area contributed by atoms with Crippen molar-refractivity contribution in [2.24, 2.45) is 0 Å². The maximum atomic E-state index is 13.6. The molecule has 2 aromatic heterocycles. The first-order chi connectivity index (χ1) is 11.2. The first-order valence-corrected chi connectivity index (χ1v) is 9.14. The molecule has 0 aliphatic heterocycles. The molecule has 0 fully saturated rings. The van der Waals surface area contributed by atoms with Crippen LogP contribution in [0.2, 0.25) is 0 Å². The summed E-state index contributed by atoms with van der Waals surface area (Å²) in [5, 5.41) is 9.11. The summed E-state index contributed by atoms with van der Waals surface area (Å²) in [7, 11) is 0. The van der Waals surface area contributed by atoms with E-state index in [9.17, 15) is 9.18 Å². The molecule has 2 heterocycles. The topological polar surface area (TPSA) is 29.1 Å². The summed E-state index contributed by atoms with van der Waals surface area (Å²) < 4.78 is 13.6. The van der Waals surface area contributed by atoms with E-state index in [1.807, 2.05) is 34.3 Å². The van der Waals surface area contributed by atoms with Gasteiger partial charge in [-0.15, -0.1) is 11.3 Å². The van der Waals surface area contributed by atoms with Crippen molar-refractivity contribution in [3.8, 4) is 0 Å². The second-order valence-electron chi connectivity index (χ2n) is 5.16. The molecule has 5 heteroatoms. The highest BCUT2D eigenvalue weighted by Gasteiger charge is 2.18. The number of thiophene rings is 2. The van der Waals surface area contributed by atoms with E-state index in [0.717, 1.165) is 10.4 Å². The summed E-state index contributed by atoms with van der Waals surface area (Å²) in [5.41, 5.74) is 1.66. The van der Waals surface area contributed by atoms with Gasteiger partial charge in [0.05, 0.1) is 6.04 Å². The van der Waals surface area contributed by atoms with E-state index < -0.39 is 0 Å². The molecule has 118 valence electrons. The molecule has 1 aromatic carbocycles. The van der Waals surface area contributed by atoms with Crippen LogP contribution in [0.15, 0.2) is 58.6 Å². The zero-order valence-corrected chi connectivity index (χ0v) is 14.0. The van der Waals surface area contributed by atoms with Crippen molar-refractivity contribution in [1.29, 1.82) is 0 Å². The summed E-state index contributed by atoms with van der Waals surface area (Å²) in [6.07, 6.45) is 0.673. The van der Waals surface area contributed by atoms with Gasteiger partial charge in [-0.05, 0) is 51.9 Å². The summed E-state index contributed by atoms with van der Waals surface area (Å²) in [6.45, 7) is 0. The van der Waals surface area contributed by atoms with Crippen LogP contribution in [0.1, 0.15) is 28.5 Å². The number of rotatable bonds is 6. The van der Waals surface area contributed by atoms with Crippen molar-refractivity contribution in [3.05, 3.63) is 80.4 Å². The van der Waals surface area contributed by atoms with Gasteiger partial charge in [0, 0.05) is 11.3 Å². The molecule has 0 spiro atoms. The molecule has 0 unspecified atom stereocenters. The fraction of sp³-hybridized carbons (Fsp3) is 0.167. The second kappa shape index (κ2) is 7.53. The summed E-state index contributed by atoms with van der Waals surface area (Å²) in [6, 6.07) is 12.5. The van der Waals surface area contributed by atoms with Crippen LogP contribution in [0.4, 0.5) is 4.39 Å². The number of hydrogen-bond acceptors (Lipinski definition) is 3. The molecule has 0 aliphatic rings. The van der Waals surface area contributed by atoms with Crippen molar-refractivity contribution in [1.82, 2.24) is 5.32 Å². The normalized spacial score (nSPS) is 12.0. The van der Waals surface area contributed by atoms with Crippen LogP contribution in [-0.2, 0) is 11.2 Å². The minimum atomic E-state index is -0.257. The molecule has 0 aliphatic carbocycles. The maximum absolute atomic E-state index is 13.6. The van der Waals surface area contributed by atoms with Crippen molar-refractivity contribution in [3.63, 3.8) is 0 Å². The molecule has 3 rings (SSSR count). The average molecular weight is 345 g/mol. The molecule has 0 saturated heterocycles. The second-order valence-corrected chi connectivity index (χ2v) is 6.92. The lowest BCUT2D eigenvalue weighted by atomic mass is 10.1. The number of carbonyl (C=O) groups is 1. The van der Waals surface area contributed by atoms with E-state index in [0.29, 0.717) is 12.0 Å². The minimum absolute atomic E-state index is 0.0714. The Kier molecular flexibility index (Phi) is 5.20. The number of carbonyl (C=O) groups excluding carboxylic acids is 1. The Balaban J connectivity index is 1.66. The van der Waals surface area contributed by atoms with Gasteiger partial charge < -0.3 is 5.32 Å². The van der Waals surface area contributed by atoms with Crippen LogP contribution in [0, 0.1) is 5.82 Å². The molecule has 0 bridgehead atoms. The first kappa shape index (κ1) is 15.9. The highest BCUT2D eigenvalue weighted by molar-refractivity contribution is 7.10. The molecular formula is C18H16FNOS2. The van der Waals surface area contributed by atoms with Gasteiger partial charge in [0.2, 0.25) is 5.91 Å². The summed E-state index contributed by atoms with van der Waals surface area (Å²) >= 11 is 3.23. The zero-order valence-electron chi connectivity index (χ0n) is 12.4. The van der Waals surface area contributed by atoms with Crippen molar-refractivity contribution < 1.29 is 9.18 Å². The van der Waals surface area contributed by atoms with Gasteiger partial charge in [0.25, 0.3) is 0 Å². The van der Waals surface area contributed by atoms with Crippen molar-refractivity contribution in [2.75, 3.05) is 0 Å². The predicted octanol–water partition coefficient (Wildman–Crippen LogP) is 4.79. The molecule has 0 saturated carbocycles. The third-order valence-corrected chi connectivity index (χ3v) is 5.23. The SMILES string of the molecule is O=C(CCc1ccccc1F)N[C@@H](c1ccsc1)c1cccs1. The fourth-order valence-electron chi connectivity index (χ4n) is 2.40. The highest BCUT2D eigenvalue weighted by Crippen LogP contribution is 2.27. The van der Waals surface area contributed by atoms with Crippen LogP contribution < -0.4 is 5.32 Å². The van der Waals surface area contributed by atoms with E-state index in [-0.39, 0.29) is 24.2 Å². The van der Waals surface area contributed by atoms with E-state index in [2.05, 4.69) is 5.32 Å². The molecule has 1 amide bonds. The zero-order chi connectivity index (χ0) is 16.1. The van der Waals surface area contributed by atoms with Crippen LogP contribution in [0.3, 0.4) is 0 Å². The van der Waals surface area contributed by atoms with Gasteiger partial charge in [-0.25, -0.2) is 4.39 Å². The van der Waals surface area contributed by atoms with Gasteiger partial charge in [0.1, 0.15) is 5.82 Å². The van der Waals surface area contributed by atoms with Gasteiger partial charge in [-0.3, -0.25) is 4.79 Å². The Labute approximate surface area is 142 Å². The third kappa shape index (κ3) is 4.06. The smallest absolute Gasteiger partial charge is 0.221 e. The van der Waals surface area contributed by atoms with E-state index in [4.69, 9.17) is 0 Å². The van der Waals surface area contributed by atoms with Crippen LogP contribution in [0.5, 0.6) is 0 Å². The fourth-order valence-corrected chi connectivity index (χ4v) is 3.88. The number of aryl methyl sites for hydroxylation is 1. The Hall–Kier alpha value is -1.98. The van der Waals surface area contributed by atoms with Gasteiger partial charge in [-0.1, -0.05) is 24.3 Å². The molecular weight excluding hydrogens is 329 g/mol. The lowest BCUT2D eigenvalue weighted by Gasteiger charge is -2.16. The average Bonchev–Trinajstić information content (AvgIpc) is 3.25. The number of nitrogens with one attached hydrogen (secondary N) is 1. The lowest BCUT2D eigenvalue weighted by Crippen LogP contribution is -2.28. The van der Waals surface area contributed by atoms with Crippen LogP contribution in [-0.4, -0.2) is 5.91 Å². The highest BCUT2D eigenvalue weighted by atomic mass is 32.1. The molecule has 23 heavy (non-hydrogen) atoms. The monoisotopic (exact) mass is 345 g/mol. The van der Waals surface area contributed by atoms with Crippen molar-refractivity contribution >= 4 is 28.6 Å². The Morgan fingerprint density at radius 2 is 2.00 bits per heavy atom. The summed E-state index contributed by atoms with van der Waals surface area (Å²) in [5.74, 6) is -0.328. The first-order valence-electron chi connectivity index (χ1n) is 7.32. The van der Waals surface area contributed by atoms with Crippen LogP contribution >= 0.6 is 22.7 Å². The lowest BCUT2D eigenvalue weighted by molar-refractivity contribution is -0.121. The largest absolute Gasteiger partial charge is 0.344 e. The third-order valence-electron chi connectivity index (χ3n) is 3.59. The molecule has 2 nitrogen and oxygen atoms in total. The number of hydrogen-bond donors (Lipinski definition) is 1. The number of benzene rings is 1. The van der Waals surface area contributed by atoms with Gasteiger partial charge in [0.15, 0.2) is 0 Å². The number of halogens is 1.